The molecule has 0 radical (unpaired) electrons. The molecule has 0 aliphatic rings. The van der Waals surface area contributed by atoms with Crippen molar-refractivity contribution in [3.05, 3.63) is 29.8 Å². The van der Waals surface area contributed by atoms with E-state index in [1.807, 2.05) is 0 Å². The Hall–Kier alpha value is -1.26. The van der Waals surface area contributed by atoms with E-state index in [0.717, 1.165) is 5.56 Å². The second-order valence-electron chi connectivity index (χ2n) is 3.00. The summed E-state index contributed by atoms with van der Waals surface area (Å²) in [5.41, 5.74) is 6.36. The van der Waals surface area contributed by atoms with E-state index in [4.69, 9.17) is 10.8 Å². The third-order valence-electron chi connectivity index (χ3n) is 1.87. The van der Waals surface area contributed by atoms with Crippen molar-refractivity contribution >= 4 is 18.4 Å². The Morgan fingerprint density at radius 3 is 2.80 bits per heavy atom. The number of phenols is 1. The average molecular weight is 232 g/mol. The molecule has 0 saturated heterocycles. The molecular weight excluding hydrogens is 218 g/mol. The van der Waals surface area contributed by atoms with Gasteiger partial charge in [0.15, 0.2) is 0 Å². The Balaban J connectivity index is 0.00000196. The quantitative estimate of drug-likeness (QED) is 0.757. The molecule has 0 aliphatic carbocycles. The lowest BCUT2D eigenvalue weighted by atomic mass is 10.1. The number of nitrogens with two attached hydrogens (primary N) is 1. The third-order valence-corrected chi connectivity index (χ3v) is 1.87. The van der Waals surface area contributed by atoms with E-state index < -0.39 is 12.0 Å². The zero-order valence-electron chi connectivity index (χ0n) is 8.34. The van der Waals surface area contributed by atoms with Crippen LogP contribution in [-0.4, -0.2) is 24.2 Å². The molecule has 1 aromatic carbocycles. The highest BCUT2D eigenvalue weighted by Gasteiger charge is 2.13. The number of phenolic OH excluding ortho intramolecular Hbond substituents is 1. The molecule has 84 valence electrons. The van der Waals surface area contributed by atoms with Crippen molar-refractivity contribution in [2.75, 3.05) is 7.11 Å². The minimum absolute atomic E-state index is 0. The third kappa shape index (κ3) is 4.18. The fourth-order valence-electron chi connectivity index (χ4n) is 1.17. The number of benzene rings is 1. The van der Waals surface area contributed by atoms with Crippen LogP contribution in [0.3, 0.4) is 0 Å². The zero-order valence-corrected chi connectivity index (χ0v) is 9.16. The molecular formula is C10H14ClNO3. The number of carbonyl (C=O) groups excluding carboxylic acids is 1. The van der Waals surface area contributed by atoms with Crippen LogP contribution >= 0.6 is 12.4 Å². The zero-order chi connectivity index (χ0) is 10.6. The first kappa shape index (κ1) is 13.7. The molecule has 4 nitrogen and oxygen atoms in total. The Morgan fingerprint density at radius 1 is 1.60 bits per heavy atom. The Morgan fingerprint density at radius 2 is 2.27 bits per heavy atom. The fraction of sp³-hybridized carbons (Fsp3) is 0.300. The molecule has 0 aromatic heterocycles. The lowest BCUT2D eigenvalue weighted by Crippen LogP contribution is -2.33. The van der Waals surface area contributed by atoms with E-state index in [-0.39, 0.29) is 18.2 Å². The van der Waals surface area contributed by atoms with E-state index in [9.17, 15) is 4.79 Å². The van der Waals surface area contributed by atoms with Crippen molar-refractivity contribution in [3.63, 3.8) is 0 Å². The van der Waals surface area contributed by atoms with Crippen LogP contribution in [0.15, 0.2) is 24.3 Å². The number of esters is 1. The SMILES string of the molecule is COC(=O)[C@H](N)Cc1cccc(O)c1.Cl. The van der Waals surface area contributed by atoms with Crippen LogP contribution < -0.4 is 5.73 Å². The van der Waals surface area contributed by atoms with E-state index >= 15 is 0 Å². The Kier molecular flexibility index (Phi) is 5.74. The highest BCUT2D eigenvalue weighted by Crippen LogP contribution is 2.12. The van der Waals surface area contributed by atoms with Gasteiger partial charge >= 0.3 is 5.97 Å². The predicted octanol–water partition coefficient (Wildman–Crippen LogP) is 0.857. The standard InChI is InChI=1S/C10H13NO3.ClH/c1-14-10(13)9(11)6-7-3-2-4-8(12)5-7;/h2-5,9,12H,6,11H2,1H3;1H/t9-;/m1./s1. The van der Waals surface area contributed by atoms with Gasteiger partial charge in [-0.05, 0) is 24.1 Å². The summed E-state index contributed by atoms with van der Waals surface area (Å²) in [6.07, 6.45) is 0.362. The number of methoxy groups -OCH3 is 1. The van der Waals surface area contributed by atoms with E-state index in [0.29, 0.717) is 6.42 Å². The molecule has 0 saturated carbocycles. The van der Waals surface area contributed by atoms with Gasteiger partial charge in [-0.15, -0.1) is 12.4 Å². The summed E-state index contributed by atoms with van der Waals surface area (Å²) in [6.45, 7) is 0. The lowest BCUT2D eigenvalue weighted by Gasteiger charge is -2.08. The molecule has 0 unspecified atom stereocenters. The molecule has 0 bridgehead atoms. The summed E-state index contributed by atoms with van der Waals surface area (Å²) in [6, 6.07) is 5.95. The van der Waals surface area contributed by atoms with Gasteiger partial charge in [0, 0.05) is 0 Å². The number of rotatable bonds is 3. The lowest BCUT2D eigenvalue weighted by molar-refractivity contribution is -0.142. The topological polar surface area (TPSA) is 72.5 Å². The summed E-state index contributed by atoms with van der Waals surface area (Å²) < 4.78 is 4.49. The van der Waals surface area contributed by atoms with Crippen LogP contribution in [0, 0.1) is 0 Å². The summed E-state index contributed by atoms with van der Waals surface area (Å²) in [4.78, 5) is 11.0. The number of hydrogen-bond donors (Lipinski definition) is 2. The molecule has 1 atom stereocenters. The highest BCUT2D eigenvalue weighted by atomic mass is 35.5. The van der Waals surface area contributed by atoms with Crippen molar-refractivity contribution in [1.29, 1.82) is 0 Å². The fourth-order valence-corrected chi connectivity index (χ4v) is 1.17. The highest BCUT2D eigenvalue weighted by molar-refractivity contribution is 5.85. The molecule has 3 N–H and O–H groups in total. The Labute approximate surface area is 94.5 Å². The van der Waals surface area contributed by atoms with Gasteiger partial charge in [-0.3, -0.25) is 4.79 Å². The monoisotopic (exact) mass is 231 g/mol. The minimum Gasteiger partial charge on any atom is -0.508 e. The van der Waals surface area contributed by atoms with Crippen molar-refractivity contribution in [2.45, 2.75) is 12.5 Å². The van der Waals surface area contributed by atoms with Gasteiger partial charge in [-0.25, -0.2) is 0 Å². The molecule has 1 aromatic rings. The maximum atomic E-state index is 11.0. The molecule has 0 aliphatic heterocycles. The van der Waals surface area contributed by atoms with Gasteiger partial charge in [0.2, 0.25) is 0 Å². The molecule has 0 spiro atoms. The largest absolute Gasteiger partial charge is 0.508 e. The van der Waals surface area contributed by atoms with Crippen molar-refractivity contribution < 1.29 is 14.6 Å². The number of halogens is 1. The van der Waals surface area contributed by atoms with Crippen LogP contribution in [0.25, 0.3) is 0 Å². The first-order valence-corrected chi connectivity index (χ1v) is 4.25. The first-order chi connectivity index (χ1) is 6.63. The number of hydrogen-bond acceptors (Lipinski definition) is 4. The summed E-state index contributed by atoms with van der Waals surface area (Å²) >= 11 is 0. The number of carbonyl (C=O) groups is 1. The molecule has 0 amide bonds. The van der Waals surface area contributed by atoms with Crippen molar-refractivity contribution in [1.82, 2.24) is 0 Å². The number of aromatic hydroxyl groups is 1. The van der Waals surface area contributed by atoms with Gasteiger partial charge in [0.05, 0.1) is 7.11 Å². The minimum atomic E-state index is -0.679. The normalized spacial score (nSPS) is 11.3. The average Bonchev–Trinajstić information content (AvgIpc) is 2.16. The van der Waals surface area contributed by atoms with Crippen molar-refractivity contribution in [3.8, 4) is 5.75 Å². The molecule has 0 fully saturated rings. The van der Waals surface area contributed by atoms with E-state index in [1.165, 1.54) is 7.11 Å². The number of ether oxygens (including phenoxy) is 1. The maximum Gasteiger partial charge on any atom is 0.322 e. The van der Waals surface area contributed by atoms with E-state index in [2.05, 4.69) is 4.74 Å². The molecule has 1 rings (SSSR count). The van der Waals surface area contributed by atoms with Crippen LogP contribution in [-0.2, 0) is 16.0 Å². The maximum absolute atomic E-state index is 11.0. The van der Waals surface area contributed by atoms with Gasteiger partial charge in [-0.1, -0.05) is 12.1 Å². The van der Waals surface area contributed by atoms with Crippen LogP contribution in [0.1, 0.15) is 5.56 Å². The smallest absolute Gasteiger partial charge is 0.322 e. The second-order valence-corrected chi connectivity index (χ2v) is 3.00. The van der Waals surface area contributed by atoms with Gasteiger partial charge in [0.25, 0.3) is 0 Å². The predicted molar refractivity (Wildman–Crippen MR) is 59.1 cm³/mol. The molecule has 15 heavy (non-hydrogen) atoms. The van der Waals surface area contributed by atoms with Gasteiger partial charge in [-0.2, -0.15) is 0 Å². The summed E-state index contributed by atoms with van der Waals surface area (Å²) in [7, 11) is 1.30. The van der Waals surface area contributed by atoms with Crippen LogP contribution in [0.2, 0.25) is 0 Å². The molecule has 5 heteroatoms. The van der Waals surface area contributed by atoms with Gasteiger partial charge < -0.3 is 15.6 Å². The van der Waals surface area contributed by atoms with Crippen molar-refractivity contribution in [2.24, 2.45) is 5.73 Å². The molecule has 0 heterocycles. The van der Waals surface area contributed by atoms with Crippen LogP contribution in [0.4, 0.5) is 0 Å². The Bertz CT molecular complexity index is 330. The summed E-state index contributed by atoms with van der Waals surface area (Å²) in [5.74, 6) is -0.284. The van der Waals surface area contributed by atoms with Crippen LogP contribution in [0.5, 0.6) is 5.75 Å². The van der Waals surface area contributed by atoms with Gasteiger partial charge in [0.1, 0.15) is 11.8 Å². The second kappa shape index (κ2) is 6.27. The van der Waals surface area contributed by atoms with E-state index in [1.54, 1.807) is 24.3 Å². The first-order valence-electron chi connectivity index (χ1n) is 4.25. The summed E-state index contributed by atoms with van der Waals surface area (Å²) in [5, 5.41) is 9.16.